The SMILES string of the molecule is CCCNCc1ccc(S(=O)(=O)N2CCCC(CC)C2)s1. The molecule has 1 aliphatic heterocycles. The Morgan fingerprint density at radius 1 is 1.38 bits per heavy atom. The molecule has 1 aliphatic rings. The Morgan fingerprint density at radius 3 is 2.90 bits per heavy atom. The van der Waals surface area contributed by atoms with Crippen molar-refractivity contribution in [2.75, 3.05) is 19.6 Å². The highest BCUT2D eigenvalue weighted by Gasteiger charge is 2.30. The van der Waals surface area contributed by atoms with Gasteiger partial charge in [0.05, 0.1) is 0 Å². The van der Waals surface area contributed by atoms with E-state index in [2.05, 4.69) is 19.2 Å². The summed E-state index contributed by atoms with van der Waals surface area (Å²) in [5, 5.41) is 3.31. The van der Waals surface area contributed by atoms with E-state index in [1.807, 2.05) is 6.07 Å². The molecule has 1 fully saturated rings. The van der Waals surface area contributed by atoms with Gasteiger partial charge in [-0.1, -0.05) is 20.3 Å². The van der Waals surface area contributed by atoms with Gasteiger partial charge in [0.15, 0.2) is 0 Å². The smallest absolute Gasteiger partial charge is 0.252 e. The third kappa shape index (κ3) is 4.28. The minimum absolute atomic E-state index is 0.493. The van der Waals surface area contributed by atoms with E-state index < -0.39 is 10.0 Å². The second-order valence-electron chi connectivity index (χ2n) is 5.68. The predicted molar refractivity (Wildman–Crippen MR) is 88.1 cm³/mol. The quantitative estimate of drug-likeness (QED) is 0.782. The molecular weight excluding hydrogens is 304 g/mol. The van der Waals surface area contributed by atoms with Gasteiger partial charge in [-0.05, 0) is 43.9 Å². The van der Waals surface area contributed by atoms with Crippen LogP contribution in [0.5, 0.6) is 0 Å². The molecule has 0 radical (unpaired) electrons. The Morgan fingerprint density at radius 2 is 2.19 bits per heavy atom. The van der Waals surface area contributed by atoms with Gasteiger partial charge in [-0.25, -0.2) is 8.42 Å². The van der Waals surface area contributed by atoms with Gasteiger partial charge in [-0.2, -0.15) is 4.31 Å². The van der Waals surface area contributed by atoms with Gasteiger partial charge in [0.25, 0.3) is 10.0 Å². The third-order valence-electron chi connectivity index (χ3n) is 4.02. The van der Waals surface area contributed by atoms with Crippen molar-refractivity contribution in [1.82, 2.24) is 9.62 Å². The Kier molecular flexibility index (Phi) is 6.22. The van der Waals surface area contributed by atoms with Crippen molar-refractivity contribution >= 4 is 21.4 Å². The molecule has 21 heavy (non-hydrogen) atoms. The molecule has 0 saturated carbocycles. The van der Waals surface area contributed by atoms with Gasteiger partial charge in [-0.15, -0.1) is 11.3 Å². The number of rotatable bonds is 7. The van der Waals surface area contributed by atoms with Crippen molar-refractivity contribution in [1.29, 1.82) is 0 Å². The molecule has 0 spiro atoms. The Hall–Kier alpha value is -0.430. The van der Waals surface area contributed by atoms with Crippen LogP contribution >= 0.6 is 11.3 Å². The van der Waals surface area contributed by atoms with Gasteiger partial charge in [-0.3, -0.25) is 0 Å². The van der Waals surface area contributed by atoms with Crippen molar-refractivity contribution < 1.29 is 8.42 Å². The lowest BCUT2D eigenvalue weighted by Crippen LogP contribution is -2.39. The van der Waals surface area contributed by atoms with E-state index >= 15 is 0 Å². The number of nitrogens with one attached hydrogen (secondary N) is 1. The molecule has 0 aliphatic carbocycles. The third-order valence-corrected chi connectivity index (χ3v) is 7.43. The lowest BCUT2D eigenvalue weighted by molar-refractivity contribution is 0.262. The second-order valence-corrected chi connectivity index (χ2v) is 9.01. The molecule has 0 amide bonds. The number of nitrogens with zero attached hydrogens (tertiary/aromatic N) is 1. The number of hydrogen-bond donors (Lipinski definition) is 1. The fourth-order valence-electron chi connectivity index (χ4n) is 2.69. The summed E-state index contributed by atoms with van der Waals surface area (Å²) >= 11 is 1.40. The molecule has 120 valence electrons. The highest BCUT2D eigenvalue weighted by molar-refractivity contribution is 7.91. The number of thiophene rings is 1. The Bertz CT molecular complexity index is 540. The molecule has 6 heteroatoms. The molecule has 2 rings (SSSR count). The monoisotopic (exact) mass is 330 g/mol. The van der Waals surface area contributed by atoms with E-state index in [1.54, 1.807) is 10.4 Å². The van der Waals surface area contributed by atoms with Crippen LogP contribution in [-0.4, -0.2) is 32.4 Å². The first-order valence-electron chi connectivity index (χ1n) is 7.87. The average Bonchev–Trinajstić information content (AvgIpc) is 2.97. The van der Waals surface area contributed by atoms with Crippen LogP contribution in [0.25, 0.3) is 0 Å². The first kappa shape index (κ1) is 16.9. The van der Waals surface area contributed by atoms with Crippen LogP contribution in [0.1, 0.15) is 44.4 Å². The highest BCUT2D eigenvalue weighted by Crippen LogP contribution is 2.29. The van der Waals surface area contributed by atoms with Crippen LogP contribution in [0.2, 0.25) is 0 Å². The van der Waals surface area contributed by atoms with Crippen LogP contribution < -0.4 is 5.32 Å². The molecule has 1 unspecified atom stereocenters. The first-order valence-corrected chi connectivity index (χ1v) is 10.1. The van der Waals surface area contributed by atoms with Crippen LogP contribution in [0.15, 0.2) is 16.3 Å². The fourth-order valence-corrected chi connectivity index (χ4v) is 5.72. The van der Waals surface area contributed by atoms with E-state index in [-0.39, 0.29) is 0 Å². The van der Waals surface area contributed by atoms with E-state index in [1.165, 1.54) is 11.3 Å². The lowest BCUT2D eigenvalue weighted by atomic mass is 9.97. The maximum absolute atomic E-state index is 12.7. The van der Waals surface area contributed by atoms with Gasteiger partial charge in [0.2, 0.25) is 0 Å². The largest absolute Gasteiger partial charge is 0.312 e. The summed E-state index contributed by atoms with van der Waals surface area (Å²) in [6.45, 7) is 7.33. The molecule has 4 nitrogen and oxygen atoms in total. The molecule has 1 atom stereocenters. The van der Waals surface area contributed by atoms with E-state index in [0.717, 1.165) is 43.6 Å². The molecule has 1 saturated heterocycles. The van der Waals surface area contributed by atoms with Crippen molar-refractivity contribution in [3.8, 4) is 0 Å². The summed E-state index contributed by atoms with van der Waals surface area (Å²) < 4.78 is 27.6. The first-order chi connectivity index (χ1) is 10.1. The average molecular weight is 331 g/mol. The molecule has 1 N–H and O–H groups in total. The van der Waals surface area contributed by atoms with Gasteiger partial charge in [0, 0.05) is 24.5 Å². The summed E-state index contributed by atoms with van der Waals surface area (Å²) in [4.78, 5) is 1.09. The molecule has 0 bridgehead atoms. The van der Waals surface area contributed by atoms with Crippen LogP contribution in [0, 0.1) is 5.92 Å². The number of hydrogen-bond acceptors (Lipinski definition) is 4. The zero-order valence-electron chi connectivity index (χ0n) is 13.0. The summed E-state index contributed by atoms with van der Waals surface area (Å²) in [5.74, 6) is 0.513. The van der Waals surface area contributed by atoms with Gasteiger partial charge < -0.3 is 5.32 Å². The van der Waals surface area contributed by atoms with Crippen LogP contribution in [-0.2, 0) is 16.6 Å². The molecule has 1 aromatic rings. The Balaban J connectivity index is 2.05. The van der Waals surface area contributed by atoms with E-state index in [4.69, 9.17) is 0 Å². The summed E-state index contributed by atoms with van der Waals surface area (Å²) in [5.41, 5.74) is 0. The maximum Gasteiger partial charge on any atom is 0.252 e. The van der Waals surface area contributed by atoms with Crippen molar-refractivity contribution in [2.24, 2.45) is 5.92 Å². The second kappa shape index (κ2) is 7.72. The van der Waals surface area contributed by atoms with Crippen LogP contribution in [0.4, 0.5) is 0 Å². The van der Waals surface area contributed by atoms with Gasteiger partial charge in [0.1, 0.15) is 4.21 Å². The molecule has 2 heterocycles. The number of piperidine rings is 1. The summed E-state index contributed by atoms with van der Waals surface area (Å²) in [6.07, 6.45) is 4.28. The predicted octanol–water partition coefficient (Wildman–Crippen LogP) is 3.06. The van der Waals surface area contributed by atoms with Crippen molar-refractivity contribution in [2.45, 2.75) is 50.3 Å². The Labute approximate surface area is 132 Å². The minimum atomic E-state index is -3.29. The number of sulfonamides is 1. The molecule has 1 aromatic heterocycles. The highest BCUT2D eigenvalue weighted by atomic mass is 32.2. The topological polar surface area (TPSA) is 49.4 Å². The van der Waals surface area contributed by atoms with E-state index in [0.29, 0.717) is 23.2 Å². The van der Waals surface area contributed by atoms with Gasteiger partial charge >= 0.3 is 0 Å². The van der Waals surface area contributed by atoms with E-state index in [9.17, 15) is 8.42 Å². The van der Waals surface area contributed by atoms with Crippen LogP contribution in [0.3, 0.4) is 0 Å². The molecular formula is C15H26N2O2S2. The standard InChI is InChI=1S/C15H26N2O2S2/c1-3-9-16-11-14-7-8-15(20-14)21(18,19)17-10-5-6-13(4-2)12-17/h7-8,13,16H,3-6,9-12H2,1-2H3. The maximum atomic E-state index is 12.7. The zero-order valence-corrected chi connectivity index (χ0v) is 14.6. The minimum Gasteiger partial charge on any atom is -0.312 e. The fraction of sp³-hybridized carbons (Fsp3) is 0.733. The van der Waals surface area contributed by atoms with Crippen molar-refractivity contribution in [3.05, 3.63) is 17.0 Å². The normalized spacial score (nSPS) is 20.8. The summed E-state index contributed by atoms with van der Waals surface area (Å²) in [7, 11) is -3.29. The zero-order chi connectivity index (χ0) is 15.3. The molecule has 0 aromatic carbocycles. The van der Waals surface area contributed by atoms with Crippen molar-refractivity contribution in [3.63, 3.8) is 0 Å². The summed E-state index contributed by atoms with van der Waals surface area (Å²) in [6, 6.07) is 3.69. The lowest BCUT2D eigenvalue weighted by Gasteiger charge is -2.30.